The summed E-state index contributed by atoms with van der Waals surface area (Å²) in [5, 5.41) is 3.40. The third-order valence-corrected chi connectivity index (χ3v) is 3.22. The predicted molar refractivity (Wildman–Crippen MR) is 79.8 cm³/mol. The summed E-state index contributed by atoms with van der Waals surface area (Å²) in [6, 6.07) is 3.35. The minimum Gasteiger partial charge on any atom is -0.370 e. The van der Waals surface area contributed by atoms with Crippen molar-refractivity contribution < 1.29 is 4.79 Å². The fraction of sp³-hybridized carbons (Fsp3) is 0.571. The monoisotopic (exact) mass is 283 g/mol. The Morgan fingerprint density at radius 1 is 1.47 bits per heavy atom. The fourth-order valence-corrected chi connectivity index (χ4v) is 2.00. The summed E-state index contributed by atoms with van der Waals surface area (Å²) in [6.45, 7) is 7.71. The number of amides is 1. The summed E-state index contributed by atoms with van der Waals surface area (Å²) >= 11 is 5.95. The first-order valence-corrected chi connectivity index (χ1v) is 7.02. The van der Waals surface area contributed by atoms with Gasteiger partial charge in [-0.05, 0) is 25.0 Å². The van der Waals surface area contributed by atoms with Crippen molar-refractivity contribution in [2.45, 2.75) is 27.2 Å². The molecule has 1 aromatic rings. The summed E-state index contributed by atoms with van der Waals surface area (Å²) in [5.41, 5.74) is 0.571. The molecule has 0 spiro atoms. The van der Waals surface area contributed by atoms with Crippen LogP contribution in [0, 0.1) is 5.92 Å². The zero-order valence-electron chi connectivity index (χ0n) is 12.0. The zero-order valence-corrected chi connectivity index (χ0v) is 12.8. The maximum Gasteiger partial charge on any atom is 0.253 e. The molecule has 4 nitrogen and oxygen atoms in total. The van der Waals surface area contributed by atoms with E-state index in [-0.39, 0.29) is 5.91 Å². The number of hydrogen-bond acceptors (Lipinski definition) is 3. The van der Waals surface area contributed by atoms with Crippen molar-refractivity contribution >= 4 is 23.3 Å². The van der Waals surface area contributed by atoms with Gasteiger partial charge in [0.05, 0.1) is 0 Å². The summed E-state index contributed by atoms with van der Waals surface area (Å²) in [6.07, 6.45) is 1.05. The maximum atomic E-state index is 12.3. The van der Waals surface area contributed by atoms with Crippen LogP contribution in [0.4, 0.5) is 5.82 Å². The van der Waals surface area contributed by atoms with E-state index in [0.29, 0.717) is 22.5 Å². The quantitative estimate of drug-likeness (QED) is 0.815. The highest BCUT2D eigenvalue weighted by Crippen LogP contribution is 2.16. The molecular formula is C14H22ClN3O. The van der Waals surface area contributed by atoms with E-state index in [2.05, 4.69) is 24.1 Å². The van der Waals surface area contributed by atoms with Gasteiger partial charge < -0.3 is 10.2 Å². The lowest BCUT2D eigenvalue weighted by atomic mass is 10.1. The van der Waals surface area contributed by atoms with Crippen molar-refractivity contribution in [2.24, 2.45) is 5.92 Å². The van der Waals surface area contributed by atoms with Crippen LogP contribution >= 0.6 is 11.6 Å². The van der Waals surface area contributed by atoms with Crippen molar-refractivity contribution in [3.8, 4) is 0 Å². The number of rotatable bonds is 6. The average Bonchev–Trinajstić information content (AvgIpc) is 2.37. The number of nitrogens with zero attached hydrogens (tertiary/aromatic N) is 2. The lowest BCUT2D eigenvalue weighted by molar-refractivity contribution is 0.0775. The van der Waals surface area contributed by atoms with Gasteiger partial charge in [0.1, 0.15) is 11.0 Å². The first kappa shape index (κ1) is 15.8. The van der Waals surface area contributed by atoms with Crippen molar-refractivity contribution in [1.29, 1.82) is 0 Å². The molecule has 1 heterocycles. The number of carbonyl (C=O) groups is 1. The van der Waals surface area contributed by atoms with E-state index in [9.17, 15) is 4.79 Å². The van der Waals surface area contributed by atoms with Gasteiger partial charge >= 0.3 is 0 Å². The van der Waals surface area contributed by atoms with Crippen LogP contribution in [0.25, 0.3) is 0 Å². The van der Waals surface area contributed by atoms with Gasteiger partial charge in [-0.25, -0.2) is 4.98 Å². The van der Waals surface area contributed by atoms with E-state index in [0.717, 1.165) is 19.5 Å². The number of hydrogen-bond donors (Lipinski definition) is 1. The molecule has 0 radical (unpaired) electrons. The summed E-state index contributed by atoms with van der Waals surface area (Å²) in [5.74, 6) is 1.10. The van der Waals surface area contributed by atoms with Crippen LogP contribution in [-0.2, 0) is 0 Å². The van der Waals surface area contributed by atoms with Crippen LogP contribution in [0.2, 0.25) is 5.15 Å². The average molecular weight is 284 g/mol. The second-order valence-electron chi connectivity index (χ2n) is 4.79. The van der Waals surface area contributed by atoms with E-state index in [1.54, 1.807) is 17.0 Å². The Hall–Kier alpha value is -1.29. The second-order valence-corrected chi connectivity index (χ2v) is 5.18. The molecule has 1 N–H and O–H groups in total. The van der Waals surface area contributed by atoms with Gasteiger partial charge in [-0.2, -0.15) is 0 Å². The Bertz CT molecular complexity index is 437. The Morgan fingerprint density at radius 3 is 2.74 bits per heavy atom. The van der Waals surface area contributed by atoms with Gasteiger partial charge in [-0.3, -0.25) is 4.79 Å². The SMILES string of the molecule is CCNc1cc(C(=O)N(C)CC(C)CC)cc(Cl)n1. The highest BCUT2D eigenvalue weighted by atomic mass is 35.5. The highest BCUT2D eigenvalue weighted by Gasteiger charge is 2.15. The van der Waals surface area contributed by atoms with Crippen LogP contribution in [0.5, 0.6) is 0 Å². The summed E-state index contributed by atoms with van der Waals surface area (Å²) < 4.78 is 0. The Kier molecular flexibility index (Phi) is 6.09. The number of aromatic nitrogens is 1. The van der Waals surface area contributed by atoms with Crippen LogP contribution < -0.4 is 5.32 Å². The van der Waals surface area contributed by atoms with Crippen molar-refractivity contribution in [1.82, 2.24) is 9.88 Å². The van der Waals surface area contributed by atoms with Crippen molar-refractivity contribution in [3.63, 3.8) is 0 Å². The fourth-order valence-electron chi connectivity index (χ4n) is 1.79. The van der Waals surface area contributed by atoms with Crippen molar-refractivity contribution in [2.75, 3.05) is 25.5 Å². The molecule has 0 aliphatic heterocycles. The second kappa shape index (κ2) is 7.34. The zero-order chi connectivity index (χ0) is 14.4. The van der Waals surface area contributed by atoms with Gasteiger partial charge in [0.25, 0.3) is 5.91 Å². The molecule has 1 atom stereocenters. The van der Waals surface area contributed by atoms with Gasteiger partial charge in [0.15, 0.2) is 0 Å². The minimum absolute atomic E-state index is 0.0243. The Labute approximate surface area is 120 Å². The number of halogens is 1. The largest absolute Gasteiger partial charge is 0.370 e. The molecule has 0 aliphatic carbocycles. The van der Waals surface area contributed by atoms with Gasteiger partial charge in [-0.15, -0.1) is 0 Å². The molecule has 1 unspecified atom stereocenters. The molecule has 0 saturated heterocycles. The Balaban J connectivity index is 2.86. The third kappa shape index (κ3) is 4.71. The molecule has 5 heteroatoms. The van der Waals surface area contributed by atoms with Crippen LogP contribution in [0.1, 0.15) is 37.6 Å². The number of anilines is 1. The topological polar surface area (TPSA) is 45.2 Å². The van der Waals surface area contributed by atoms with E-state index in [1.807, 2.05) is 14.0 Å². The van der Waals surface area contributed by atoms with E-state index in [4.69, 9.17) is 11.6 Å². The molecule has 0 aromatic carbocycles. The smallest absolute Gasteiger partial charge is 0.253 e. The van der Waals surface area contributed by atoms with Crippen LogP contribution in [0.15, 0.2) is 12.1 Å². The van der Waals surface area contributed by atoms with E-state index < -0.39 is 0 Å². The third-order valence-electron chi connectivity index (χ3n) is 3.03. The molecule has 19 heavy (non-hydrogen) atoms. The summed E-state index contributed by atoms with van der Waals surface area (Å²) in [4.78, 5) is 18.2. The molecule has 0 bridgehead atoms. The maximum absolute atomic E-state index is 12.3. The molecule has 106 valence electrons. The number of nitrogens with one attached hydrogen (secondary N) is 1. The molecule has 1 rings (SSSR count). The lowest BCUT2D eigenvalue weighted by Gasteiger charge is -2.21. The molecule has 0 aliphatic rings. The normalized spacial score (nSPS) is 12.1. The standard InChI is InChI=1S/C14H22ClN3O/c1-5-10(3)9-18(4)14(19)11-7-12(15)17-13(8-11)16-6-2/h7-8,10H,5-6,9H2,1-4H3,(H,16,17). The first-order chi connectivity index (χ1) is 8.97. The van der Waals surface area contributed by atoms with E-state index in [1.165, 1.54) is 0 Å². The van der Waals surface area contributed by atoms with Crippen LogP contribution in [0.3, 0.4) is 0 Å². The Morgan fingerprint density at radius 2 is 2.16 bits per heavy atom. The van der Waals surface area contributed by atoms with Crippen LogP contribution in [-0.4, -0.2) is 35.9 Å². The lowest BCUT2D eigenvalue weighted by Crippen LogP contribution is -2.31. The molecule has 0 fully saturated rings. The van der Waals surface area contributed by atoms with E-state index >= 15 is 0 Å². The number of carbonyl (C=O) groups excluding carboxylic acids is 1. The molecular weight excluding hydrogens is 262 g/mol. The number of pyridine rings is 1. The van der Waals surface area contributed by atoms with Crippen molar-refractivity contribution in [3.05, 3.63) is 22.8 Å². The van der Waals surface area contributed by atoms with Gasteiger partial charge in [0.2, 0.25) is 0 Å². The first-order valence-electron chi connectivity index (χ1n) is 6.64. The highest BCUT2D eigenvalue weighted by molar-refractivity contribution is 6.29. The molecule has 1 amide bonds. The minimum atomic E-state index is -0.0243. The molecule has 1 aromatic heterocycles. The molecule has 0 saturated carbocycles. The predicted octanol–water partition coefficient (Wildman–Crippen LogP) is 3.28. The van der Waals surface area contributed by atoms with Gasteiger partial charge in [-0.1, -0.05) is 31.9 Å². The summed E-state index contributed by atoms with van der Waals surface area (Å²) in [7, 11) is 1.82. The van der Waals surface area contributed by atoms with Gasteiger partial charge in [0, 0.05) is 25.7 Å².